The number of hydrogen-bond acceptors (Lipinski definition) is 6. The monoisotopic (exact) mass is 490 g/mol. The molecule has 1 fully saturated rings. The highest BCUT2D eigenvalue weighted by Gasteiger charge is 2.30. The lowest BCUT2D eigenvalue weighted by atomic mass is 10.00. The number of anilines is 1. The molecule has 0 bridgehead atoms. The molecule has 7 nitrogen and oxygen atoms in total. The Morgan fingerprint density at radius 2 is 1.47 bits per heavy atom. The molecule has 7 heteroatoms. The van der Waals surface area contributed by atoms with Crippen LogP contribution in [0.2, 0.25) is 0 Å². The molecule has 0 atom stereocenters. The first-order valence-corrected chi connectivity index (χ1v) is 12.1. The third-order valence-electron chi connectivity index (χ3n) is 6.69. The molecule has 4 rings (SSSR count). The second kappa shape index (κ2) is 11.8. The van der Waals surface area contributed by atoms with Crippen molar-refractivity contribution in [2.45, 2.75) is 25.4 Å². The van der Waals surface area contributed by atoms with E-state index in [1.54, 1.807) is 28.4 Å². The number of rotatable bonds is 9. The summed E-state index contributed by atoms with van der Waals surface area (Å²) < 4.78 is 21.9. The maximum absolute atomic E-state index is 13.7. The van der Waals surface area contributed by atoms with E-state index < -0.39 is 0 Å². The first kappa shape index (κ1) is 25.4. The minimum Gasteiger partial charge on any atom is -0.497 e. The van der Waals surface area contributed by atoms with E-state index in [2.05, 4.69) is 4.90 Å². The van der Waals surface area contributed by atoms with E-state index in [1.165, 1.54) is 0 Å². The molecule has 3 aromatic rings. The predicted molar refractivity (Wildman–Crippen MR) is 141 cm³/mol. The van der Waals surface area contributed by atoms with Gasteiger partial charge in [0.1, 0.15) is 5.75 Å². The Balaban J connectivity index is 1.50. The summed E-state index contributed by atoms with van der Waals surface area (Å²) in [6.07, 6.45) is 1.73. The Kier molecular flexibility index (Phi) is 8.33. The summed E-state index contributed by atoms with van der Waals surface area (Å²) >= 11 is 0. The highest BCUT2D eigenvalue weighted by molar-refractivity contribution is 6.06. The number of methoxy groups -OCH3 is 4. The van der Waals surface area contributed by atoms with E-state index in [0.717, 1.165) is 49.5 Å². The van der Waals surface area contributed by atoms with Crippen molar-refractivity contribution in [3.63, 3.8) is 0 Å². The third kappa shape index (κ3) is 5.41. The molecule has 0 N–H and O–H groups in total. The van der Waals surface area contributed by atoms with Crippen LogP contribution in [0.3, 0.4) is 0 Å². The third-order valence-corrected chi connectivity index (χ3v) is 6.69. The van der Waals surface area contributed by atoms with Crippen molar-refractivity contribution >= 4 is 11.6 Å². The summed E-state index contributed by atoms with van der Waals surface area (Å²) in [5, 5.41) is 0. The van der Waals surface area contributed by atoms with Gasteiger partial charge in [-0.15, -0.1) is 0 Å². The largest absolute Gasteiger partial charge is 0.497 e. The van der Waals surface area contributed by atoms with Crippen LogP contribution in [-0.4, -0.2) is 58.4 Å². The molecule has 0 saturated carbocycles. The SMILES string of the molecule is COc1ccc(C(=O)N(c2ccccc2)C2CCN(Cc3ccc(OC)c(OC)c3OC)CC2)cc1. The quantitative estimate of drug-likeness (QED) is 0.419. The van der Waals surface area contributed by atoms with Crippen molar-refractivity contribution in [1.82, 2.24) is 4.90 Å². The van der Waals surface area contributed by atoms with Crippen molar-refractivity contribution in [3.8, 4) is 23.0 Å². The number of benzene rings is 3. The van der Waals surface area contributed by atoms with Crippen molar-refractivity contribution in [2.24, 2.45) is 0 Å². The molecule has 1 saturated heterocycles. The summed E-state index contributed by atoms with van der Waals surface area (Å²) in [5.74, 6) is 2.68. The van der Waals surface area contributed by atoms with E-state index in [0.29, 0.717) is 22.8 Å². The standard InChI is InChI=1S/C29H34N2O5/c1-33-25-13-10-21(11-14-25)29(32)31(23-8-6-5-7-9-23)24-16-18-30(19-17-24)20-22-12-15-26(34-2)28(36-4)27(22)35-3/h5-15,24H,16-20H2,1-4H3. The minimum absolute atomic E-state index is 0.00358. The summed E-state index contributed by atoms with van der Waals surface area (Å²) in [5.41, 5.74) is 2.61. The fraction of sp³-hybridized carbons (Fsp3) is 0.345. The Labute approximate surface area is 213 Å². The van der Waals surface area contributed by atoms with Gasteiger partial charge in [-0.2, -0.15) is 0 Å². The highest BCUT2D eigenvalue weighted by Crippen LogP contribution is 2.40. The molecule has 1 aliphatic heterocycles. The minimum atomic E-state index is 0.00358. The molecule has 0 spiro atoms. The number of nitrogens with zero attached hydrogens (tertiary/aromatic N) is 2. The summed E-state index contributed by atoms with van der Waals surface area (Å²) in [6, 6.07) is 21.3. The molecule has 3 aromatic carbocycles. The van der Waals surface area contributed by atoms with Gasteiger partial charge >= 0.3 is 0 Å². The number of piperidine rings is 1. The lowest BCUT2D eigenvalue weighted by Crippen LogP contribution is -2.47. The van der Waals surface area contributed by atoms with Gasteiger partial charge in [0.15, 0.2) is 11.5 Å². The summed E-state index contributed by atoms with van der Waals surface area (Å²) in [6.45, 7) is 2.46. The van der Waals surface area contributed by atoms with E-state index in [-0.39, 0.29) is 11.9 Å². The molecule has 0 aliphatic carbocycles. The van der Waals surface area contributed by atoms with Crippen LogP contribution in [0.25, 0.3) is 0 Å². The first-order valence-electron chi connectivity index (χ1n) is 12.1. The molecule has 1 aliphatic rings. The zero-order chi connectivity index (χ0) is 25.5. The number of carbonyl (C=O) groups excluding carboxylic acids is 1. The number of ether oxygens (including phenoxy) is 4. The van der Waals surface area contributed by atoms with Crippen molar-refractivity contribution in [2.75, 3.05) is 46.4 Å². The van der Waals surface area contributed by atoms with E-state index in [4.69, 9.17) is 18.9 Å². The van der Waals surface area contributed by atoms with Gasteiger partial charge in [-0.3, -0.25) is 9.69 Å². The van der Waals surface area contributed by atoms with Crippen molar-refractivity contribution in [1.29, 1.82) is 0 Å². The maximum atomic E-state index is 13.7. The zero-order valence-electron chi connectivity index (χ0n) is 21.4. The van der Waals surface area contributed by atoms with E-state index in [9.17, 15) is 4.79 Å². The van der Waals surface area contributed by atoms with Crippen LogP contribution in [0.5, 0.6) is 23.0 Å². The Hall–Kier alpha value is -3.71. The van der Waals surface area contributed by atoms with Crippen LogP contribution in [0.15, 0.2) is 66.7 Å². The van der Waals surface area contributed by atoms with Crippen molar-refractivity contribution < 1.29 is 23.7 Å². The highest BCUT2D eigenvalue weighted by atomic mass is 16.5. The molecule has 36 heavy (non-hydrogen) atoms. The lowest BCUT2D eigenvalue weighted by Gasteiger charge is -2.39. The topological polar surface area (TPSA) is 60.5 Å². The van der Waals surface area contributed by atoms with Gasteiger partial charge in [0.05, 0.1) is 28.4 Å². The van der Waals surface area contributed by atoms with Crippen molar-refractivity contribution in [3.05, 3.63) is 77.9 Å². The van der Waals surface area contributed by atoms with Gasteiger partial charge in [-0.1, -0.05) is 24.3 Å². The lowest BCUT2D eigenvalue weighted by molar-refractivity contribution is 0.0958. The number of amides is 1. The van der Waals surface area contributed by atoms with Gasteiger partial charge in [0, 0.05) is 42.5 Å². The average Bonchev–Trinajstić information content (AvgIpc) is 2.94. The normalized spacial score (nSPS) is 14.2. The number of hydrogen-bond donors (Lipinski definition) is 0. The van der Waals surface area contributed by atoms with Gasteiger partial charge < -0.3 is 23.8 Å². The average molecular weight is 491 g/mol. The van der Waals surface area contributed by atoms with Gasteiger partial charge in [0.25, 0.3) is 5.91 Å². The van der Waals surface area contributed by atoms with Gasteiger partial charge in [-0.05, 0) is 55.3 Å². The summed E-state index contributed by atoms with van der Waals surface area (Å²) in [7, 11) is 6.51. The van der Waals surface area contributed by atoms with Gasteiger partial charge in [-0.25, -0.2) is 0 Å². The van der Waals surface area contributed by atoms with Crippen LogP contribution in [-0.2, 0) is 6.54 Å². The number of carbonyl (C=O) groups is 1. The maximum Gasteiger partial charge on any atom is 0.258 e. The summed E-state index contributed by atoms with van der Waals surface area (Å²) in [4.78, 5) is 18.0. The molecular formula is C29H34N2O5. The molecule has 0 unspecified atom stereocenters. The Morgan fingerprint density at radius 3 is 2.06 bits per heavy atom. The fourth-order valence-corrected chi connectivity index (χ4v) is 4.82. The molecule has 0 radical (unpaired) electrons. The first-order chi connectivity index (χ1) is 17.6. The molecular weight excluding hydrogens is 456 g/mol. The van der Waals surface area contributed by atoms with Crippen LogP contribution in [0.1, 0.15) is 28.8 Å². The number of likely N-dealkylation sites (tertiary alicyclic amines) is 1. The Morgan fingerprint density at radius 1 is 0.806 bits per heavy atom. The number of para-hydroxylation sites is 1. The van der Waals surface area contributed by atoms with Crippen LogP contribution in [0, 0.1) is 0 Å². The fourth-order valence-electron chi connectivity index (χ4n) is 4.82. The molecule has 1 amide bonds. The molecule has 190 valence electrons. The van der Waals surface area contributed by atoms with Crippen LogP contribution < -0.4 is 23.8 Å². The van der Waals surface area contributed by atoms with E-state index in [1.807, 2.05) is 71.6 Å². The molecule has 1 heterocycles. The second-order valence-corrected chi connectivity index (χ2v) is 8.74. The van der Waals surface area contributed by atoms with Gasteiger partial charge in [0.2, 0.25) is 5.75 Å². The Bertz CT molecular complexity index is 1140. The molecule has 0 aromatic heterocycles. The van der Waals surface area contributed by atoms with E-state index >= 15 is 0 Å². The zero-order valence-corrected chi connectivity index (χ0v) is 21.4. The predicted octanol–water partition coefficient (Wildman–Crippen LogP) is 5.03. The smallest absolute Gasteiger partial charge is 0.258 e. The van der Waals surface area contributed by atoms with Crippen LogP contribution >= 0.6 is 0 Å². The second-order valence-electron chi connectivity index (χ2n) is 8.74. The van der Waals surface area contributed by atoms with Crippen LogP contribution in [0.4, 0.5) is 5.69 Å².